The molecule has 8 heteroatoms. The molecule has 0 aliphatic carbocycles. The molecule has 0 saturated carbocycles. The molecule has 1 amide bonds. The van der Waals surface area contributed by atoms with Crippen LogP contribution in [0.2, 0.25) is 0 Å². The molecular formula is C14H11FN2O4S. The second-order valence-corrected chi connectivity index (χ2v) is 6.58. The van der Waals surface area contributed by atoms with Crippen LogP contribution < -0.4 is 4.90 Å². The van der Waals surface area contributed by atoms with Crippen molar-refractivity contribution < 1.29 is 21.5 Å². The van der Waals surface area contributed by atoms with E-state index in [0.29, 0.717) is 16.7 Å². The van der Waals surface area contributed by atoms with Gasteiger partial charge < -0.3 is 9.32 Å². The maximum atomic E-state index is 12.8. The Morgan fingerprint density at radius 1 is 1.41 bits per heavy atom. The van der Waals surface area contributed by atoms with Crippen molar-refractivity contribution in [2.24, 2.45) is 5.92 Å². The average Bonchev–Trinajstić information content (AvgIpc) is 2.96. The lowest BCUT2D eigenvalue weighted by atomic mass is 10.1. The van der Waals surface area contributed by atoms with Gasteiger partial charge in [-0.25, -0.2) is 0 Å². The molecule has 0 N–H and O–H groups in total. The number of fused-ring (bicyclic) bond motifs is 1. The Kier molecular flexibility index (Phi) is 3.37. The Balaban J connectivity index is 2.01. The molecule has 0 bridgehead atoms. The molecule has 0 radical (unpaired) electrons. The largest absolute Gasteiger partial charge is 0.443 e. The van der Waals surface area contributed by atoms with Crippen LogP contribution in [0.25, 0.3) is 11.0 Å². The Morgan fingerprint density at radius 3 is 2.82 bits per heavy atom. The standard InChI is InChI=1S/C14H11FN2O4S/c15-22(19,20)8-9-5-13(18)17(7-9)14-10-3-1-2-4-11(10)21-12(14)6-16/h1-4,9H,5,7-8H2. The molecule has 2 heterocycles. The maximum Gasteiger partial charge on any atom is 0.302 e. The van der Waals surface area contributed by atoms with E-state index in [4.69, 9.17) is 4.42 Å². The minimum absolute atomic E-state index is 0.0155. The van der Waals surface area contributed by atoms with Gasteiger partial charge in [0.05, 0.1) is 5.75 Å². The van der Waals surface area contributed by atoms with Crippen LogP contribution in [0.5, 0.6) is 0 Å². The van der Waals surface area contributed by atoms with E-state index in [0.717, 1.165) is 0 Å². The number of carbonyl (C=O) groups is 1. The number of nitrogens with zero attached hydrogens (tertiary/aromatic N) is 2. The third-order valence-corrected chi connectivity index (χ3v) is 4.45. The van der Waals surface area contributed by atoms with Crippen molar-refractivity contribution in [3.05, 3.63) is 30.0 Å². The fourth-order valence-corrected chi connectivity index (χ4v) is 3.55. The van der Waals surface area contributed by atoms with Gasteiger partial charge in [-0.3, -0.25) is 4.79 Å². The summed E-state index contributed by atoms with van der Waals surface area (Å²) in [5, 5.41) is 9.77. The van der Waals surface area contributed by atoms with Crippen molar-refractivity contribution in [2.75, 3.05) is 17.2 Å². The molecule has 114 valence electrons. The third-order valence-electron chi connectivity index (χ3n) is 3.58. The van der Waals surface area contributed by atoms with Gasteiger partial charge in [0.25, 0.3) is 0 Å². The number of nitriles is 1. The van der Waals surface area contributed by atoms with Gasteiger partial charge in [0.15, 0.2) is 0 Å². The summed E-state index contributed by atoms with van der Waals surface area (Å²) in [6, 6.07) is 8.75. The molecule has 1 fully saturated rings. The minimum atomic E-state index is -4.65. The average molecular weight is 322 g/mol. The number of anilines is 1. The highest BCUT2D eigenvalue weighted by Crippen LogP contribution is 2.37. The minimum Gasteiger partial charge on any atom is -0.443 e. The lowest BCUT2D eigenvalue weighted by Gasteiger charge is -2.15. The van der Waals surface area contributed by atoms with E-state index in [1.807, 2.05) is 6.07 Å². The van der Waals surface area contributed by atoms with Crippen LogP contribution in [0.15, 0.2) is 28.7 Å². The van der Waals surface area contributed by atoms with Gasteiger partial charge in [0.1, 0.15) is 17.3 Å². The number of amides is 1. The summed E-state index contributed by atoms with van der Waals surface area (Å²) < 4.78 is 39.7. The molecule has 3 rings (SSSR count). The maximum absolute atomic E-state index is 12.8. The van der Waals surface area contributed by atoms with E-state index in [9.17, 15) is 22.4 Å². The number of rotatable bonds is 3. The number of benzene rings is 1. The molecule has 1 aromatic heterocycles. The zero-order valence-corrected chi connectivity index (χ0v) is 12.1. The van der Waals surface area contributed by atoms with Crippen LogP contribution in [0, 0.1) is 17.2 Å². The summed E-state index contributed by atoms with van der Waals surface area (Å²) in [6.07, 6.45) is -0.0759. The van der Waals surface area contributed by atoms with Crippen molar-refractivity contribution in [1.29, 1.82) is 5.26 Å². The monoisotopic (exact) mass is 322 g/mol. The molecule has 1 saturated heterocycles. The van der Waals surface area contributed by atoms with Gasteiger partial charge in [0.2, 0.25) is 11.7 Å². The summed E-state index contributed by atoms with van der Waals surface area (Å²) in [5.41, 5.74) is 0.783. The normalized spacial score (nSPS) is 18.8. The molecule has 1 aliphatic rings. The van der Waals surface area contributed by atoms with Crippen molar-refractivity contribution >= 4 is 32.8 Å². The summed E-state index contributed by atoms with van der Waals surface area (Å²) in [5.74, 6) is -1.70. The number of carbonyl (C=O) groups excluding carboxylic acids is 1. The molecule has 1 atom stereocenters. The van der Waals surface area contributed by atoms with Gasteiger partial charge in [-0.2, -0.15) is 13.7 Å². The fraction of sp³-hybridized carbons (Fsp3) is 0.286. The zero-order valence-electron chi connectivity index (χ0n) is 11.3. The van der Waals surface area contributed by atoms with E-state index < -0.39 is 21.9 Å². The highest BCUT2D eigenvalue weighted by atomic mass is 32.3. The van der Waals surface area contributed by atoms with E-state index in [1.165, 1.54) is 4.90 Å². The first kappa shape index (κ1) is 14.5. The number of halogens is 1. The van der Waals surface area contributed by atoms with Crippen LogP contribution in [0.4, 0.5) is 9.57 Å². The summed E-state index contributed by atoms with van der Waals surface area (Å²) in [6.45, 7) is 0.0419. The summed E-state index contributed by atoms with van der Waals surface area (Å²) in [4.78, 5) is 13.4. The van der Waals surface area contributed by atoms with Crippen molar-refractivity contribution in [3.8, 4) is 6.07 Å². The number of hydrogen-bond acceptors (Lipinski definition) is 5. The predicted molar refractivity (Wildman–Crippen MR) is 76.3 cm³/mol. The number of furan rings is 1. The van der Waals surface area contributed by atoms with E-state index >= 15 is 0 Å². The Morgan fingerprint density at radius 2 is 2.14 bits per heavy atom. The molecule has 6 nitrogen and oxygen atoms in total. The fourth-order valence-electron chi connectivity index (χ4n) is 2.77. The molecular weight excluding hydrogens is 311 g/mol. The summed E-state index contributed by atoms with van der Waals surface area (Å²) in [7, 11) is -4.65. The smallest absolute Gasteiger partial charge is 0.302 e. The van der Waals surface area contributed by atoms with Crippen LogP contribution in [-0.2, 0) is 15.0 Å². The first-order valence-corrected chi connectivity index (χ1v) is 8.08. The highest BCUT2D eigenvalue weighted by molar-refractivity contribution is 7.86. The van der Waals surface area contributed by atoms with Crippen LogP contribution >= 0.6 is 0 Å². The van der Waals surface area contributed by atoms with Gasteiger partial charge in [-0.15, -0.1) is 3.89 Å². The highest BCUT2D eigenvalue weighted by Gasteiger charge is 2.36. The van der Waals surface area contributed by atoms with Gasteiger partial charge >= 0.3 is 10.2 Å². The lowest BCUT2D eigenvalue weighted by molar-refractivity contribution is -0.117. The number of para-hydroxylation sites is 1. The Hall–Kier alpha value is -2.40. The van der Waals surface area contributed by atoms with Gasteiger partial charge in [-0.05, 0) is 12.1 Å². The predicted octanol–water partition coefficient (Wildman–Crippen LogP) is 1.96. The topological polar surface area (TPSA) is 91.4 Å². The van der Waals surface area contributed by atoms with E-state index in [1.54, 1.807) is 24.3 Å². The van der Waals surface area contributed by atoms with E-state index in [2.05, 4.69) is 0 Å². The molecule has 1 aliphatic heterocycles. The number of hydrogen-bond donors (Lipinski definition) is 0. The second kappa shape index (κ2) is 5.10. The van der Waals surface area contributed by atoms with Crippen molar-refractivity contribution in [1.82, 2.24) is 0 Å². The molecule has 0 spiro atoms. The molecule has 1 unspecified atom stereocenters. The summed E-state index contributed by atoms with van der Waals surface area (Å²) >= 11 is 0. The molecule has 22 heavy (non-hydrogen) atoms. The van der Waals surface area contributed by atoms with Gasteiger partial charge in [0, 0.05) is 24.3 Å². The second-order valence-electron chi connectivity index (χ2n) is 5.17. The van der Waals surface area contributed by atoms with Crippen LogP contribution in [0.3, 0.4) is 0 Å². The van der Waals surface area contributed by atoms with E-state index in [-0.39, 0.29) is 24.6 Å². The first-order valence-electron chi connectivity index (χ1n) is 6.53. The first-order chi connectivity index (χ1) is 10.4. The molecule has 1 aromatic carbocycles. The Bertz CT molecular complexity index is 897. The quantitative estimate of drug-likeness (QED) is 0.806. The SMILES string of the molecule is N#Cc1oc2ccccc2c1N1CC(CS(=O)(=O)F)CC1=O. The molecule has 2 aromatic rings. The van der Waals surface area contributed by atoms with Crippen LogP contribution in [0.1, 0.15) is 12.2 Å². The third kappa shape index (κ3) is 2.55. The zero-order chi connectivity index (χ0) is 15.9. The van der Waals surface area contributed by atoms with Crippen LogP contribution in [-0.4, -0.2) is 26.6 Å². The van der Waals surface area contributed by atoms with Crippen molar-refractivity contribution in [3.63, 3.8) is 0 Å². The van der Waals surface area contributed by atoms with Crippen molar-refractivity contribution in [2.45, 2.75) is 6.42 Å². The lowest BCUT2D eigenvalue weighted by Crippen LogP contribution is -2.25. The Labute approximate surface area is 125 Å². The van der Waals surface area contributed by atoms with Gasteiger partial charge in [-0.1, -0.05) is 12.1 Å².